The Morgan fingerprint density at radius 1 is 1.18 bits per heavy atom. The molecule has 1 nitrogen and oxygen atoms in total. The van der Waals surface area contributed by atoms with Crippen LogP contribution in [0, 0.1) is 5.82 Å². The minimum atomic E-state index is -0.284. The summed E-state index contributed by atoms with van der Waals surface area (Å²) < 4.78 is 12.8. The minimum Gasteiger partial charge on any atom is -0.313 e. The Labute approximate surface area is 116 Å². The number of nitrogens with one attached hydrogen (secondary N) is 1. The SMILES string of the molecule is Fc1ccc(CNCCCCCCBr)c(Cl)c1. The fourth-order valence-electron chi connectivity index (χ4n) is 1.59. The Morgan fingerprint density at radius 3 is 2.65 bits per heavy atom. The zero-order chi connectivity index (χ0) is 12.5. The smallest absolute Gasteiger partial charge is 0.124 e. The second-order valence-electron chi connectivity index (χ2n) is 4.02. The Bertz CT molecular complexity index is 333. The second kappa shape index (κ2) is 8.90. The molecular weight excluding hydrogens is 305 g/mol. The van der Waals surface area contributed by atoms with Gasteiger partial charge in [0, 0.05) is 16.9 Å². The van der Waals surface area contributed by atoms with Gasteiger partial charge in [-0.1, -0.05) is 46.4 Å². The summed E-state index contributed by atoms with van der Waals surface area (Å²) in [5.41, 5.74) is 0.952. The van der Waals surface area contributed by atoms with Crippen LogP contribution in [0.3, 0.4) is 0 Å². The molecule has 0 atom stereocenters. The molecule has 1 aromatic rings. The first-order chi connectivity index (χ1) is 8.24. The highest BCUT2D eigenvalue weighted by molar-refractivity contribution is 9.09. The standard InChI is InChI=1S/C13H18BrClFN/c14-7-3-1-2-4-8-17-10-11-5-6-12(16)9-13(11)15/h5-6,9,17H,1-4,7-8,10H2. The average molecular weight is 323 g/mol. The van der Waals surface area contributed by atoms with Gasteiger partial charge in [-0.15, -0.1) is 0 Å². The zero-order valence-electron chi connectivity index (χ0n) is 9.82. The quantitative estimate of drug-likeness (QED) is 0.548. The third-order valence-electron chi connectivity index (χ3n) is 2.57. The number of unbranched alkanes of at least 4 members (excludes halogenated alkanes) is 3. The Morgan fingerprint density at radius 2 is 1.94 bits per heavy atom. The molecule has 0 spiro atoms. The van der Waals surface area contributed by atoms with E-state index in [4.69, 9.17) is 11.6 Å². The molecular formula is C13H18BrClFN. The van der Waals surface area contributed by atoms with Gasteiger partial charge in [0.2, 0.25) is 0 Å². The first-order valence-electron chi connectivity index (χ1n) is 5.94. The lowest BCUT2D eigenvalue weighted by molar-refractivity contribution is 0.597. The van der Waals surface area contributed by atoms with Crippen molar-refractivity contribution in [1.29, 1.82) is 0 Å². The fraction of sp³-hybridized carbons (Fsp3) is 0.538. The van der Waals surface area contributed by atoms with Crippen LogP contribution in [0.4, 0.5) is 4.39 Å². The highest BCUT2D eigenvalue weighted by Crippen LogP contribution is 2.16. The first-order valence-corrected chi connectivity index (χ1v) is 7.44. The summed E-state index contributed by atoms with van der Waals surface area (Å²) in [6, 6.07) is 4.53. The number of alkyl halides is 1. The summed E-state index contributed by atoms with van der Waals surface area (Å²) in [6.45, 7) is 1.69. The summed E-state index contributed by atoms with van der Waals surface area (Å²) in [5.74, 6) is -0.284. The van der Waals surface area contributed by atoms with E-state index >= 15 is 0 Å². The topological polar surface area (TPSA) is 12.0 Å². The maximum absolute atomic E-state index is 12.8. The molecule has 0 heterocycles. The Kier molecular flexibility index (Phi) is 7.82. The van der Waals surface area contributed by atoms with Crippen LogP contribution in [0.5, 0.6) is 0 Å². The highest BCUT2D eigenvalue weighted by atomic mass is 79.9. The summed E-state index contributed by atoms with van der Waals surface area (Å²) in [6.07, 6.45) is 4.93. The van der Waals surface area contributed by atoms with Gasteiger partial charge in [-0.2, -0.15) is 0 Å². The van der Waals surface area contributed by atoms with Crippen molar-refractivity contribution >= 4 is 27.5 Å². The van der Waals surface area contributed by atoms with Gasteiger partial charge in [0.25, 0.3) is 0 Å². The molecule has 0 aromatic heterocycles. The number of rotatable bonds is 8. The minimum absolute atomic E-state index is 0.284. The molecule has 0 aliphatic rings. The monoisotopic (exact) mass is 321 g/mol. The van der Waals surface area contributed by atoms with E-state index in [9.17, 15) is 4.39 Å². The predicted octanol–water partition coefficient (Wildman–Crippen LogP) is 4.52. The van der Waals surface area contributed by atoms with Crippen molar-refractivity contribution in [1.82, 2.24) is 5.32 Å². The van der Waals surface area contributed by atoms with E-state index in [0.29, 0.717) is 11.6 Å². The van der Waals surface area contributed by atoms with Crippen molar-refractivity contribution in [2.24, 2.45) is 0 Å². The molecule has 0 fully saturated rings. The van der Waals surface area contributed by atoms with Gasteiger partial charge in [-0.3, -0.25) is 0 Å². The fourth-order valence-corrected chi connectivity index (χ4v) is 2.22. The molecule has 1 N–H and O–H groups in total. The van der Waals surface area contributed by atoms with Crippen LogP contribution in [-0.2, 0) is 6.54 Å². The van der Waals surface area contributed by atoms with E-state index in [2.05, 4.69) is 21.2 Å². The summed E-state index contributed by atoms with van der Waals surface area (Å²) in [5, 5.41) is 4.91. The van der Waals surface area contributed by atoms with Crippen molar-refractivity contribution in [3.05, 3.63) is 34.6 Å². The van der Waals surface area contributed by atoms with Crippen LogP contribution in [0.2, 0.25) is 5.02 Å². The summed E-state index contributed by atoms with van der Waals surface area (Å²) in [7, 11) is 0. The van der Waals surface area contributed by atoms with Crippen molar-refractivity contribution in [2.45, 2.75) is 32.2 Å². The highest BCUT2D eigenvalue weighted by Gasteiger charge is 2.01. The molecule has 0 saturated heterocycles. The molecule has 1 rings (SSSR count). The number of hydrogen-bond acceptors (Lipinski definition) is 1. The third-order valence-corrected chi connectivity index (χ3v) is 3.48. The van der Waals surface area contributed by atoms with E-state index in [0.717, 1.165) is 17.4 Å². The van der Waals surface area contributed by atoms with E-state index in [-0.39, 0.29) is 5.82 Å². The average Bonchev–Trinajstić information content (AvgIpc) is 2.30. The van der Waals surface area contributed by atoms with E-state index in [1.807, 2.05) is 0 Å². The molecule has 0 bridgehead atoms. The van der Waals surface area contributed by atoms with Crippen LogP contribution in [-0.4, -0.2) is 11.9 Å². The van der Waals surface area contributed by atoms with E-state index in [1.54, 1.807) is 6.07 Å². The maximum Gasteiger partial charge on any atom is 0.124 e. The summed E-state index contributed by atoms with van der Waals surface area (Å²) in [4.78, 5) is 0. The van der Waals surface area contributed by atoms with Gasteiger partial charge < -0.3 is 5.32 Å². The predicted molar refractivity (Wildman–Crippen MR) is 75.4 cm³/mol. The normalized spacial score (nSPS) is 10.8. The van der Waals surface area contributed by atoms with Crippen molar-refractivity contribution in [3.8, 4) is 0 Å². The van der Waals surface area contributed by atoms with Crippen LogP contribution < -0.4 is 5.32 Å². The number of hydrogen-bond donors (Lipinski definition) is 1. The van der Waals surface area contributed by atoms with Gasteiger partial charge >= 0.3 is 0 Å². The lowest BCUT2D eigenvalue weighted by Gasteiger charge is -2.06. The number of benzene rings is 1. The molecule has 1 aromatic carbocycles. The van der Waals surface area contributed by atoms with Gasteiger partial charge in [0.05, 0.1) is 0 Å². The van der Waals surface area contributed by atoms with Crippen LogP contribution in [0.1, 0.15) is 31.2 Å². The lowest BCUT2D eigenvalue weighted by atomic mass is 10.2. The molecule has 0 aliphatic carbocycles. The molecule has 4 heteroatoms. The van der Waals surface area contributed by atoms with Crippen LogP contribution in [0.25, 0.3) is 0 Å². The molecule has 0 saturated carbocycles. The van der Waals surface area contributed by atoms with Gasteiger partial charge in [0.1, 0.15) is 5.82 Å². The van der Waals surface area contributed by atoms with Crippen LogP contribution >= 0.6 is 27.5 Å². The van der Waals surface area contributed by atoms with E-state index < -0.39 is 0 Å². The Balaban J connectivity index is 2.14. The van der Waals surface area contributed by atoms with Gasteiger partial charge in [-0.25, -0.2) is 4.39 Å². The zero-order valence-corrected chi connectivity index (χ0v) is 12.2. The third kappa shape index (κ3) is 6.39. The van der Waals surface area contributed by atoms with Crippen LogP contribution in [0.15, 0.2) is 18.2 Å². The van der Waals surface area contributed by atoms with Crippen molar-refractivity contribution in [2.75, 3.05) is 11.9 Å². The van der Waals surface area contributed by atoms with Gasteiger partial charge in [0.15, 0.2) is 0 Å². The Hall–Kier alpha value is -0.120. The van der Waals surface area contributed by atoms with Crippen molar-refractivity contribution < 1.29 is 4.39 Å². The maximum atomic E-state index is 12.8. The largest absolute Gasteiger partial charge is 0.313 e. The van der Waals surface area contributed by atoms with Crippen molar-refractivity contribution in [3.63, 3.8) is 0 Å². The molecule has 17 heavy (non-hydrogen) atoms. The lowest BCUT2D eigenvalue weighted by Crippen LogP contribution is -2.14. The molecule has 0 amide bonds. The molecule has 0 radical (unpaired) electrons. The second-order valence-corrected chi connectivity index (χ2v) is 5.22. The molecule has 96 valence electrons. The molecule has 0 unspecified atom stereocenters. The molecule has 0 aliphatic heterocycles. The first kappa shape index (κ1) is 14.9. The summed E-state index contributed by atoms with van der Waals surface area (Å²) >= 11 is 9.34. The number of halogens is 3. The van der Waals surface area contributed by atoms with E-state index in [1.165, 1.54) is 37.8 Å². The van der Waals surface area contributed by atoms with Gasteiger partial charge in [-0.05, 0) is 37.1 Å².